The van der Waals surface area contributed by atoms with Gasteiger partial charge in [0.1, 0.15) is 16.8 Å². The Kier molecular flexibility index (Phi) is 5.69. The maximum Gasteiger partial charge on any atom is 0.341 e. The van der Waals surface area contributed by atoms with Gasteiger partial charge in [-0.3, -0.25) is 4.79 Å². The second-order valence-electron chi connectivity index (χ2n) is 6.95. The molecule has 2 atom stereocenters. The molecule has 0 radical (unpaired) electrons. The van der Waals surface area contributed by atoms with E-state index in [1.54, 1.807) is 6.92 Å². The molecule has 1 fully saturated rings. The Morgan fingerprint density at radius 3 is 2.77 bits per heavy atom. The first-order valence-electron chi connectivity index (χ1n) is 8.95. The Bertz CT molecular complexity index is 815. The van der Waals surface area contributed by atoms with E-state index in [1.165, 1.54) is 11.3 Å². The number of aryl methyl sites for hydroxylation is 1. The van der Waals surface area contributed by atoms with Gasteiger partial charge in [-0.25, -0.2) is 13.2 Å². The van der Waals surface area contributed by atoms with Crippen LogP contribution < -0.4 is 10.2 Å². The van der Waals surface area contributed by atoms with Crippen molar-refractivity contribution in [3.05, 3.63) is 16.0 Å². The summed E-state index contributed by atoms with van der Waals surface area (Å²) >= 11 is 1.45. The number of sulfone groups is 1. The molecule has 3 rings (SSSR count). The summed E-state index contributed by atoms with van der Waals surface area (Å²) in [5.74, 6) is -0.267. The third-order valence-electron chi connectivity index (χ3n) is 5.02. The third kappa shape index (κ3) is 4.10. The van der Waals surface area contributed by atoms with Crippen LogP contribution in [0.15, 0.2) is 0 Å². The number of amides is 1. The molecule has 2 N–H and O–H groups in total. The van der Waals surface area contributed by atoms with Crippen molar-refractivity contribution >= 4 is 38.1 Å². The van der Waals surface area contributed by atoms with Crippen molar-refractivity contribution in [3.63, 3.8) is 0 Å². The first-order chi connectivity index (χ1) is 12.3. The van der Waals surface area contributed by atoms with E-state index in [4.69, 9.17) is 4.74 Å². The summed E-state index contributed by atoms with van der Waals surface area (Å²) in [5, 5.41) is 3.42. The highest BCUT2D eigenvalue weighted by molar-refractivity contribution is 7.91. The molecule has 0 saturated carbocycles. The second-order valence-corrected chi connectivity index (χ2v) is 10.3. The molecule has 7 nitrogen and oxygen atoms in total. The summed E-state index contributed by atoms with van der Waals surface area (Å²) in [4.78, 5) is 26.8. The average Bonchev–Trinajstić information content (AvgIpc) is 3.21. The topological polar surface area (TPSA) is 94.0 Å². The molecule has 1 aliphatic heterocycles. The Labute approximate surface area is 157 Å². The molecule has 1 amide bonds. The van der Waals surface area contributed by atoms with E-state index in [2.05, 4.69) is 5.32 Å². The SMILES string of the molecule is CCOC(=O)c1c(NC(=O)C[NH+](C)[C@H]2CCS(=O)(=O)C2)sc2c1CCC2. The summed E-state index contributed by atoms with van der Waals surface area (Å²) < 4.78 is 28.4. The zero-order valence-corrected chi connectivity index (χ0v) is 16.7. The van der Waals surface area contributed by atoms with Crippen LogP contribution in [0.5, 0.6) is 0 Å². The van der Waals surface area contributed by atoms with Crippen molar-refractivity contribution in [1.82, 2.24) is 0 Å². The summed E-state index contributed by atoms with van der Waals surface area (Å²) in [6, 6.07) is -0.0522. The van der Waals surface area contributed by atoms with Crippen molar-refractivity contribution in [2.75, 3.05) is 37.0 Å². The Morgan fingerprint density at radius 2 is 2.12 bits per heavy atom. The second kappa shape index (κ2) is 7.66. The number of hydrogen-bond acceptors (Lipinski definition) is 6. The Morgan fingerprint density at radius 1 is 1.35 bits per heavy atom. The lowest BCUT2D eigenvalue weighted by Crippen LogP contribution is -3.14. The molecule has 1 unspecified atom stereocenters. The van der Waals surface area contributed by atoms with Crippen LogP contribution in [0.1, 0.15) is 40.6 Å². The van der Waals surface area contributed by atoms with Crippen LogP contribution in [0.4, 0.5) is 5.00 Å². The van der Waals surface area contributed by atoms with Gasteiger partial charge >= 0.3 is 5.97 Å². The van der Waals surface area contributed by atoms with Gasteiger partial charge in [0.05, 0.1) is 25.0 Å². The van der Waals surface area contributed by atoms with Crippen LogP contribution in [0, 0.1) is 0 Å². The number of carbonyl (C=O) groups is 2. The van der Waals surface area contributed by atoms with E-state index in [1.807, 2.05) is 7.05 Å². The molecule has 0 spiro atoms. The standard InChI is InChI=1S/C17H24N2O5S2/c1-3-24-17(21)15-12-5-4-6-13(12)25-16(15)18-14(20)9-19(2)11-7-8-26(22,23)10-11/h11H,3-10H2,1-2H3,(H,18,20)/p+1/t11-/m0/s1. The lowest BCUT2D eigenvalue weighted by atomic mass is 10.1. The highest BCUT2D eigenvalue weighted by Crippen LogP contribution is 2.39. The molecule has 2 aliphatic rings. The first kappa shape index (κ1) is 19.3. The lowest BCUT2D eigenvalue weighted by Gasteiger charge is -2.19. The summed E-state index contributed by atoms with van der Waals surface area (Å²) in [6.45, 7) is 2.22. The molecule has 1 saturated heterocycles. The van der Waals surface area contributed by atoms with Crippen LogP contribution in [-0.4, -0.2) is 58.0 Å². The molecule has 0 bridgehead atoms. The molecule has 1 aromatic heterocycles. The van der Waals surface area contributed by atoms with Crippen LogP contribution in [0.3, 0.4) is 0 Å². The van der Waals surface area contributed by atoms with Gasteiger partial charge in [0, 0.05) is 11.3 Å². The van der Waals surface area contributed by atoms with E-state index in [9.17, 15) is 18.0 Å². The van der Waals surface area contributed by atoms with Crippen LogP contribution >= 0.6 is 11.3 Å². The highest BCUT2D eigenvalue weighted by atomic mass is 32.2. The molecule has 1 aromatic rings. The van der Waals surface area contributed by atoms with Crippen LogP contribution in [0.25, 0.3) is 0 Å². The third-order valence-corrected chi connectivity index (χ3v) is 8.00. The molecule has 144 valence electrons. The van der Waals surface area contributed by atoms with Crippen molar-refractivity contribution in [1.29, 1.82) is 0 Å². The van der Waals surface area contributed by atoms with E-state index >= 15 is 0 Å². The minimum absolute atomic E-state index is 0.0522. The molecule has 1 aliphatic carbocycles. The number of fused-ring (bicyclic) bond motifs is 1. The zero-order chi connectivity index (χ0) is 18.9. The highest BCUT2D eigenvalue weighted by Gasteiger charge is 2.35. The fourth-order valence-electron chi connectivity index (χ4n) is 3.66. The molecular weight excluding hydrogens is 376 g/mol. The fraction of sp³-hybridized carbons (Fsp3) is 0.647. The van der Waals surface area contributed by atoms with Gasteiger partial charge in [-0.1, -0.05) is 0 Å². The largest absolute Gasteiger partial charge is 0.462 e. The minimum atomic E-state index is -2.97. The smallest absolute Gasteiger partial charge is 0.341 e. The average molecular weight is 402 g/mol. The van der Waals surface area contributed by atoms with Gasteiger partial charge in [0.2, 0.25) is 0 Å². The number of quaternary nitrogens is 1. The first-order valence-corrected chi connectivity index (χ1v) is 11.6. The number of esters is 1. The van der Waals surface area contributed by atoms with Gasteiger partial charge in [-0.15, -0.1) is 11.3 Å². The van der Waals surface area contributed by atoms with E-state index in [0.29, 0.717) is 23.6 Å². The maximum absolute atomic E-state index is 12.5. The number of anilines is 1. The molecule has 9 heteroatoms. The number of hydrogen-bond donors (Lipinski definition) is 2. The van der Waals surface area contributed by atoms with Gasteiger partial charge in [-0.05, 0) is 31.7 Å². The number of rotatable bonds is 6. The van der Waals surface area contributed by atoms with E-state index < -0.39 is 9.84 Å². The van der Waals surface area contributed by atoms with Crippen molar-refractivity contribution in [2.45, 2.75) is 38.6 Å². The Hall–Kier alpha value is -1.45. The molecule has 26 heavy (non-hydrogen) atoms. The summed E-state index contributed by atoms with van der Waals surface area (Å²) in [7, 11) is -1.13. The predicted octanol–water partition coefficient (Wildman–Crippen LogP) is 0.0538. The molecular formula is C17H25N2O5S2+. The Balaban J connectivity index is 1.69. The molecule has 0 aromatic carbocycles. The number of carbonyl (C=O) groups excluding carboxylic acids is 2. The van der Waals surface area contributed by atoms with Crippen molar-refractivity contribution in [3.8, 4) is 0 Å². The number of ether oxygens (including phenoxy) is 1. The van der Waals surface area contributed by atoms with Gasteiger partial charge < -0.3 is 15.0 Å². The fourth-order valence-corrected chi connectivity index (χ4v) is 6.83. The normalized spacial score (nSPS) is 22.0. The maximum atomic E-state index is 12.5. The minimum Gasteiger partial charge on any atom is -0.462 e. The van der Waals surface area contributed by atoms with Gasteiger partial charge in [0.25, 0.3) is 5.91 Å². The van der Waals surface area contributed by atoms with Crippen LogP contribution in [0.2, 0.25) is 0 Å². The summed E-state index contributed by atoms with van der Waals surface area (Å²) in [5.41, 5.74) is 1.50. The van der Waals surface area contributed by atoms with E-state index in [0.717, 1.165) is 34.6 Å². The monoisotopic (exact) mass is 401 g/mol. The summed E-state index contributed by atoms with van der Waals surface area (Å²) in [6.07, 6.45) is 3.36. The van der Waals surface area contributed by atoms with E-state index in [-0.39, 0.29) is 36.0 Å². The predicted molar refractivity (Wildman–Crippen MR) is 99.7 cm³/mol. The number of nitrogens with one attached hydrogen (secondary N) is 2. The zero-order valence-electron chi connectivity index (χ0n) is 15.1. The quantitative estimate of drug-likeness (QED) is 0.657. The lowest BCUT2D eigenvalue weighted by molar-refractivity contribution is -0.894. The van der Waals surface area contributed by atoms with Crippen LogP contribution in [-0.2, 0) is 32.2 Å². The van der Waals surface area contributed by atoms with Gasteiger partial charge in [0.15, 0.2) is 16.4 Å². The number of thiophene rings is 1. The number of likely N-dealkylation sites (N-methyl/N-ethyl adjacent to an activating group) is 1. The van der Waals surface area contributed by atoms with Gasteiger partial charge in [-0.2, -0.15) is 0 Å². The van der Waals surface area contributed by atoms with Crippen molar-refractivity contribution in [2.24, 2.45) is 0 Å². The molecule has 2 heterocycles. The van der Waals surface area contributed by atoms with Crippen molar-refractivity contribution < 1.29 is 27.6 Å².